The van der Waals surface area contributed by atoms with E-state index in [9.17, 15) is 10.4 Å². The van der Waals surface area contributed by atoms with E-state index in [0.717, 1.165) is 25.9 Å². The van der Waals surface area contributed by atoms with Crippen LogP contribution in [0, 0.1) is 11.3 Å². The maximum Gasteiger partial charge on any atom is 0.139 e. The van der Waals surface area contributed by atoms with Gasteiger partial charge < -0.3 is 25.2 Å². The molecule has 1 atom stereocenters. The number of ether oxygens (including phenoxy) is 2. The molecule has 1 saturated heterocycles. The fraction of sp³-hybridized carbons (Fsp3) is 0.304. The van der Waals surface area contributed by atoms with Crippen LogP contribution in [-0.2, 0) is 0 Å². The van der Waals surface area contributed by atoms with E-state index >= 15 is 0 Å². The topological polar surface area (TPSA) is 105 Å². The first-order chi connectivity index (χ1) is 15.0. The first-order valence-corrected chi connectivity index (χ1v) is 10.5. The number of nitrogens with two attached hydrogens (primary N) is 1. The Kier molecular flexibility index (Phi) is 6.42. The standard InChI is InChI=1S/C23H23ClN4O3/c24-19-10-17(3-4-20(19)26)31-22-5-6-27-21-11-23(15(12-25)9-18(21)22)30-14-16(29)13-28-7-1-2-8-28/h3-6,9-11,16,29H,1-2,7-8,13-14,26H2/t16-/m0/s1. The third-order valence-corrected chi connectivity index (χ3v) is 5.55. The number of aliphatic hydroxyl groups is 1. The molecule has 0 aliphatic carbocycles. The van der Waals surface area contributed by atoms with E-state index in [1.807, 2.05) is 0 Å². The number of likely N-dealkylation sites (tertiary alicyclic amines) is 1. The number of fused-ring (bicyclic) bond motifs is 1. The summed E-state index contributed by atoms with van der Waals surface area (Å²) >= 11 is 6.08. The lowest BCUT2D eigenvalue weighted by Crippen LogP contribution is -2.33. The molecule has 0 saturated carbocycles. The van der Waals surface area contributed by atoms with Crippen molar-refractivity contribution in [1.29, 1.82) is 5.26 Å². The SMILES string of the molecule is N#Cc1cc2c(Oc3ccc(N)c(Cl)c3)ccnc2cc1OC[C@@H](O)CN1CCCC1. The summed E-state index contributed by atoms with van der Waals surface area (Å²) in [4.78, 5) is 6.59. The van der Waals surface area contributed by atoms with Crippen molar-refractivity contribution in [2.75, 3.05) is 32.0 Å². The monoisotopic (exact) mass is 438 g/mol. The second-order valence-electron chi connectivity index (χ2n) is 7.54. The van der Waals surface area contributed by atoms with Gasteiger partial charge in [-0.2, -0.15) is 5.26 Å². The number of nitrogens with zero attached hydrogens (tertiary/aromatic N) is 3. The molecule has 3 N–H and O–H groups in total. The fourth-order valence-electron chi connectivity index (χ4n) is 3.64. The van der Waals surface area contributed by atoms with Crippen LogP contribution in [0.2, 0.25) is 5.02 Å². The highest BCUT2D eigenvalue weighted by Crippen LogP contribution is 2.34. The number of nitriles is 1. The summed E-state index contributed by atoms with van der Waals surface area (Å²) in [5, 5.41) is 21.0. The number of β-amino-alcohol motifs (C(OH)–C–C–N with tert-alkyl or cyclic N) is 1. The zero-order valence-corrected chi connectivity index (χ0v) is 17.7. The largest absolute Gasteiger partial charge is 0.489 e. The van der Waals surface area contributed by atoms with Gasteiger partial charge in [0.1, 0.15) is 36.0 Å². The van der Waals surface area contributed by atoms with Gasteiger partial charge in [-0.25, -0.2) is 0 Å². The van der Waals surface area contributed by atoms with Crippen LogP contribution < -0.4 is 15.2 Å². The van der Waals surface area contributed by atoms with Crippen molar-refractivity contribution < 1.29 is 14.6 Å². The van der Waals surface area contributed by atoms with Crippen LogP contribution in [0.5, 0.6) is 17.2 Å². The molecular formula is C23H23ClN4O3. The van der Waals surface area contributed by atoms with Gasteiger partial charge in [0.05, 0.1) is 21.8 Å². The van der Waals surface area contributed by atoms with E-state index in [1.165, 1.54) is 0 Å². The molecule has 7 nitrogen and oxygen atoms in total. The molecule has 3 aromatic rings. The number of nitrogen functional groups attached to an aromatic ring is 1. The van der Waals surface area contributed by atoms with Crippen LogP contribution in [0.3, 0.4) is 0 Å². The van der Waals surface area contributed by atoms with Crippen molar-refractivity contribution in [1.82, 2.24) is 9.88 Å². The van der Waals surface area contributed by atoms with E-state index in [0.29, 0.717) is 51.0 Å². The summed E-state index contributed by atoms with van der Waals surface area (Å²) in [7, 11) is 0. The predicted molar refractivity (Wildman–Crippen MR) is 120 cm³/mol. The van der Waals surface area contributed by atoms with E-state index < -0.39 is 6.10 Å². The molecule has 0 unspecified atom stereocenters. The van der Waals surface area contributed by atoms with Crippen LogP contribution in [0.15, 0.2) is 42.6 Å². The molecule has 1 aliphatic heterocycles. The third-order valence-electron chi connectivity index (χ3n) is 5.22. The van der Waals surface area contributed by atoms with E-state index in [-0.39, 0.29) is 6.61 Å². The van der Waals surface area contributed by atoms with Gasteiger partial charge in [0.15, 0.2) is 0 Å². The number of hydrogen-bond acceptors (Lipinski definition) is 7. The Bertz CT molecular complexity index is 1130. The van der Waals surface area contributed by atoms with Gasteiger partial charge in [-0.1, -0.05) is 11.6 Å². The summed E-state index contributed by atoms with van der Waals surface area (Å²) in [6.45, 7) is 2.68. The maximum atomic E-state index is 10.3. The minimum Gasteiger partial charge on any atom is -0.489 e. The van der Waals surface area contributed by atoms with Gasteiger partial charge in [0, 0.05) is 30.3 Å². The Morgan fingerprint density at radius 2 is 2.00 bits per heavy atom. The summed E-state index contributed by atoms with van der Waals surface area (Å²) in [5.41, 5.74) is 7.18. The van der Waals surface area contributed by atoms with Gasteiger partial charge in [-0.15, -0.1) is 0 Å². The summed E-state index contributed by atoms with van der Waals surface area (Å²) in [5.74, 6) is 1.44. The van der Waals surface area contributed by atoms with Crippen molar-refractivity contribution in [2.24, 2.45) is 0 Å². The number of pyridine rings is 1. The zero-order chi connectivity index (χ0) is 21.8. The van der Waals surface area contributed by atoms with Crippen molar-refractivity contribution in [3.8, 4) is 23.3 Å². The molecule has 8 heteroatoms. The van der Waals surface area contributed by atoms with Crippen LogP contribution in [0.1, 0.15) is 18.4 Å². The summed E-state index contributed by atoms with van der Waals surface area (Å²) < 4.78 is 11.7. The molecule has 1 fully saturated rings. The molecule has 2 aromatic carbocycles. The lowest BCUT2D eigenvalue weighted by atomic mass is 10.1. The normalized spacial score (nSPS) is 15.0. The number of benzene rings is 2. The molecule has 0 spiro atoms. The van der Waals surface area contributed by atoms with E-state index in [1.54, 1.807) is 42.6 Å². The van der Waals surface area contributed by atoms with Crippen molar-refractivity contribution in [2.45, 2.75) is 18.9 Å². The Morgan fingerprint density at radius 3 is 2.74 bits per heavy atom. The molecule has 4 rings (SSSR count). The van der Waals surface area contributed by atoms with Crippen molar-refractivity contribution in [3.63, 3.8) is 0 Å². The number of anilines is 1. The Balaban J connectivity index is 1.54. The van der Waals surface area contributed by atoms with Gasteiger partial charge >= 0.3 is 0 Å². The molecular weight excluding hydrogens is 416 g/mol. The van der Waals surface area contributed by atoms with Gasteiger partial charge in [-0.3, -0.25) is 4.98 Å². The first-order valence-electron chi connectivity index (χ1n) is 10.1. The molecule has 1 aromatic heterocycles. The van der Waals surface area contributed by atoms with Crippen LogP contribution in [0.4, 0.5) is 5.69 Å². The molecule has 31 heavy (non-hydrogen) atoms. The molecule has 2 heterocycles. The fourth-order valence-corrected chi connectivity index (χ4v) is 3.81. The smallest absolute Gasteiger partial charge is 0.139 e. The molecule has 160 valence electrons. The summed E-state index contributed by atoms with van der Waals surface area (Å²) in [6.07, 6.45) is 3.32. The molecule has 0 bridgehead atoms. The minimum absolute atomic E-state index is 0.108. The van der Waals surface area contributed by atoms with E-state index in [2.05, 4.69) is 16.0 Å². The number of aliphatic hydroxyl groups excluding tert-OH is 1. The second kappa shape index (κ2) is 9.40. The number of halogens is 1. The van der Waals surface area contributed by atoms with Crippen molar-refractivity contribution >= 4 is 28.2 Å². The minimum atomic E-state index is -0.627. The predicted octanol–water partition coefficient (Wildman–Crippen LogP) is 3.97. The number of hydrogen-bond donors (Lipinski definition) is 2. The second-order valence-corrected chi connectivity index (χ2v) is 7.95. The van der Waals surface area contributed by atoms with Crippen LogP contribution >= 0.6 is 11.6 Å². The average molecular weight is 439 g/mol. The number of aromatic nitrogens is 1. The Hall–Kier alpha value is -3.05. The highest BCUT2D eigenvalue weighted by Gasteiger charge is 2.17. The highest BCUT2D eigenvalue weighted by molar-refractivity contribution is 6.33. The highest BCUT2D eigenvalue weighted by atomic mass is 35.5. The molecule has 1 aliphatic rings. The van der Waals surface area contributed by atoms with Crippen LogP contribution in [-0.4, -0.2) is 47.3 Å². The summed E-state index contributed by atoms with van der Waals surface area (Å²) in [6, 6.07) is 12.3. The molecule has 0 radical (unpaired) electrons. The third kappa shape index (κ3) is 5.00. The van der Waals surface area contributed by atoms with Gasteiger partial charge in [0.2, 0.25) is 0 Å². The quantitative estimate of drug-likeness (QED) is 0.537. The lowest BCUT2D eigenvalue weighted by molar-refractivity contribution is 0.0758. The number of rotatable bonds is 7. The Labute approximate surface area is 185 Å². The molecule has 0 amide bonds. The van der Waals surface area contributed by atoms with Crippen LogP contribution in [0.25, 0.3) is 10.9 Å². The van der Waals surface area contributed by atoms with Gasteiger partial charge in [0.25, 0.3) is 0 Å². The van der Waals surface area contributed by atoms with E-state index in [4.69, 9.17) is 26.8 Å². The lowest BCUT2D eigenvalue weighted by Gasteiger charge is -2.20. The van der Waals surface area contributed by atoms with Crippen molar-refractivity contribution in [3.05, 3.63) is 53.2 Å². The zero-order valence-electron chi connectivity index (χ0n) is 16.9. The average Bonchev–Trinajstić information content (AvgIpc) is 3.27. The Morgan fingerprint density at radius 1 is 1.19 bits per heavy atom. The van der Waals surface area contributed by atoms with Gasteiger partial charge in [-0.05, 0) is 50.2 Å². The maximum absolute atomic E-state index is 10.3. The first kappa shape index (κ1) is 21.2.